The molecule has 40 heavy (non-hydrogen) atoms. The molecule has 3 aromatic carbocycles. The van der Waals surface area contributed by atoms with Crippen LogP contribution in [-0.4, -0.2) is 89.3 Å². The van der Waals surface area contributed by atoms with E-state index in [4.69, 9.17) is 23.2 Å². The molecule has 4 bridgehead atoms. The molecule has 4 aliphatic heterocycles. The van der Waals surface area contributed by atoms with Crippen molar-refractivity contribution >= 4 is 34.1 Å². The first-order valence-electron chi connectivity index (χ1n) is 14.5. The number of benzene rings is 3. The molecule has 0 saturated carbocycles. The van der Waals surface area contributed by atoms with Gasteiger partial charge in [-0.25, -0.2) is 0 Å². The van der Waals surface area contributed by atoms with E-state index in [-0.39, 0.29) is 11.3 Å². The molecule has 0 aliphatic carbocycles. The fraction of sp³-hybridized carbons (Fsp3) is 0.424. The molecule has 7 rings (SSSR count). The molecular formula is C33H38Cl2N4O. The minimum absolute atomic E-state index is 0.253. The van der Waals surface area contributed by atoms with Gasteiger partial charge in [-0.05, 0) is 47.7 Å². The molecule has 3 aromatic rings. The SMILES string of the molecule is ClCCN1CC2CC1CN2c1ccccc1.O=C(Cl)CN1CC2CC1CN2C(c1ccccc1)c1ccccc1. The highest BCUT2D eigenvalue weighted by Crippen LogP contribution is 2.40. The van der Waals surface area contributed by atoms with Crippen molar-refractivity contribution in [1.29, 1.82) is 0 Å². The lowest BCUT2D eigenvalue weighted by molar-refractivity contribution is -0.113. The molecular weight excluding hydrogens is 539 g/mol. The van der Waals surface area contributed by atoms with Gasteiger partial charge in [-0.2, -0.15) is 0 Å². The van der Waals surface area contributed by atoms with Gasteiger partial charge in [-0.15, -0.1) is 11.6 Å². The van der Waals surface area contributed by atoms with Gasteiger partial charge in [0.15, 0.2) is 0 Å². The number of piperazine rings is 2. The van der Waals surface area contributed by atoms with Crippen molar-refractivity contribution in [1.82, 2.24) is 14.7 Å². The summed E-state index contributed by atoms with van der Waals surface area (Å²) in [4.78, 5) is 21.2. The van der Waals surface area contributed by atoms with Crippen molar-refractivity contribution in [3.05, 3.63) is 102 Å². The van der Waals surface area contributed by atoms with Gasteiger partial charge in [0.25, 0.3) is 0 Å². The van der Waals surface area contributed by atoms with Crippen LogP contribution in [0.5, 0.6) is 0 Å². The van der Waals surface area contributed by atoms with Crippen LogP contribution in [0.4, 0.5) is 5.69 Å². The molecule has 0 N–H and O–H groups in total. The molecule has 210 valence electrons. The van der Waals surface area contributed by atoms with E-state index < -0.39 is 0 Å². The molecule has 0 spiro atoms. The monoisotopic (exact) mass is 576 g/mol. The highest BCUT2D eigenvalue weighted by molar-refractivity contribution is 6.64. The van der Waals surface area contributed by atoms with Crippen molar-refractivity contribution in [3.8, 4) is 0 Å². The van der Waals surface area contributed by atoms with Gasteiger partial charge < -0.3 is 4.90 Å². The number of carbonyl (C=O) groups is 1. The van der Waals surface area contributed by atoms with Gasteiger partial charge in [-0.1, -0.05) is 78.9 Å². The molecule has 4 heterocycles. The Morgan fingerprint density at radius 1 is 0.700 bits per heavy atom. The van der Waals surface area contributed by atoms with E-state index in [1.807, 2.05) is 0 Å². The summed E-state index contributed by atoms with van der Waals surface area (Å²) in [5.41, 5.74) is 4.04. The lowest BCUT2D eigenvalue weighted by atomic mass is 9.96. The van der Waals surface area contributed by atoms with Crippen LogP contribution in [0.1, 0.15) is 30.0 Å². The second-order valence-corrected chi connectivity index (χ2v) is 12.3. The Morgan fingerprint density at radius 2 is 1.25 bits per heavy atom. The molecule has 7 heteroatoms. The lowest BCUT2D eigenvalue weighted by Gasteiger charge is -2.39. The van der Waals surface area contributed by atoms with Crippen LogP contribution in [-0.2, 0) is 4.79 Å². The fourth-order valence-electron chi connectivity index (χ4n) is 7.36. The predicted octanol–water partition coefficient (Wildman–Crippen LogP) is 5.49. The van der Waals surface area contributed by atoms with E-state index in [9.17, 15) is 4.79 Å². The zero-order chi connectivity index (χ0) is 27.5. The van der Waals surface area contributed by atoms with E-state index in [0.717, 1.165) is 38.0 Å². The van der Waals surface area contributed by atoms with Gasteiger partial charge in [0.1, 0.15) is 0 Å². The van der Waals surface area contributed by atoms with E-state index in [2.05, 4.69) is 111 Å². The number of alkyl halides is 1. The molecule has 4 aliphatic rings. The predicted molar refractivity (Wildman–Crippen MR) is 164 cm³/mol. The topological polar surface area (TPSA) is 30.0 Å². The Kier molecular flexibility index (Phi) is 8.76. The summed E-state index contributed by atoms with van der Waals surface area (Å²) in [6.07, 6.45) is 2.44. The number of halogens is 2. The third kappa shape index (κ3) is 5.95. The molecule has 4 atom stereocenters. The maximum absolute atomic E-state index is 11.2. The van der Waals surface area contributed by atoms with Crippen molar-refractivity contribution in [2.45, 2.75) is 43.1 Å². The van der Waals surface area contributed by atoms with Crippen LogP contribution in [0.25, 0.3) is 0 Å². The van der Waals surface area contributed by atoms with Crippen LogP contribution in [0, 0.1) is 0 Å². The Morgan fingerprint density at radius 3 is 1.75 bits per heavy atom. The summed E-state index contributed by atoms with van der Waals surface area (Å²) in [5.74, 6) is 0.758. The quantitative estimate of drug-likeness (QED) is 0.261. The molecule has 0 aromatic heterocycles. The second-order valence-electron chi connectivity index (χ2n) is 11.5. The summed E-state index contributed by atoms with van der Waals surface area (Å²) in [5, 5.41) is -0.253. The highest BCUT2D eigenvalue weighted by Gasteiger charge is 2.46. The van der Waals surface area contributed by atoms with E-state index in [1.165, 1.54) is 36.3 Å². The molecule has 0 amide bonds. The smallest absolute Gasteiger partial charge is 0.235 e. The van der Waals surface area contributed by atoms with Gasteiger partial charge in [0, 0.05) is 68.5 Å². The first-order valence-corrected chi connectivity index (χ1v) is 15.4. The molecule has 0 radical (unpaired) electrons. The summed E-state index contributed by atoms with van der Waals surface area (Å²) in [7, 11) is 0. The summed E-state index contributed by atoms with van der Waals surface area (Å²) >= 11 is 11.4. The van der Waals surface area contributed by atoms with Crippen LogP contribution >= 0.6 is 23.2 Å². The third-order valence-corrected chi connectivity index (χ3v) is 9.39. The Bertz CT molecular complexity index is 1210. The average Bonchev–Trinajstić information content (AvgIpc) is 3.77. The number of anilines is 1. The maximum Gasteiger partial charge on any atom is 0.235 e. The summed E-state index contributed by atoms with van der Waals surface area (Å²) in [6, 6.07) is 34.8. The molecule has 5 nitrogen and oxygen atoms in total. The zero-order valence-corrected chi connectivity index (χ0v) is 24.4. The number of hydrogen-bond donors (Lipinski definition) is 0. The van der Waals surface area contributed by atoms with Crippen molar-refractivity contribution in [2.75, 3.05) is 50.0 Å². The number of carbonyl (C=O) groups excluding carboxylic acids is 1. The van der Waals surface area contributed by atoms with Crippen molar-refractivity contribution in [3.63, 3.8) is 0 Å². The van der Waals surface area contributed by atoms with E-state index in [0.29, 0.717) is 24.7 Å². The average molecular weight is 578 g/mol. The fourth-order valence-corrected chi connectivity index (χ4v) is 7.73. The number of rotatable bonds is 8. The van der Waals surface area contributed by atoms with Crippen molar-refractivity contribution in [2.24, 2.45) is 0 Å². The third-order valence-electron chi connectivity index (χ3n) is 9.10. The van der Waals surface area contributed by atoms with Gasteiger partial charge in [0.2, 0.25) is 5.24 Å². The Hall–Kier alpha value is -2.41. The van der Waals surface area contributed by atoms with Crippen LogP contribution in [0.15, 0.2) is 91.0 Å². The number of likely N-dealkylation sites (tertiary alicyclic amines) is 3. The highest BCUT2D eigenvalue weighted by atomic mass is 35.5. The van der Waals surface area contributed by atoms with E-state index >= 15 is 0 Å². The van der Waals surface area contributed by atoms with Gasteiger partial charge >= 0.3 is 0 Å². The van der Waals surface area contributed by atoms with Crippen LogP contribution in [0.2, 0.25) is 0 Å². The number of para-hydroxylation sites is 1. The molecule has 4 saturated heterocycles. The zero-order valence-electron chi connectivity index (χ0n) is 22.9. The normalized spacial score (nSPS) is 25.9. The molecule has 4 unspecified atom stereocenters. The standard InChI is InChI=1S/C20H21ClN2O.C13H17ClN2/c21-19(24)14-22-12-18-11-17(22)13-23(18)20(15-7-3-1-4-8-15)16-9-5-2-6-10-16;14-6-7-15-9-13-8-12(15)10-16(13)11-4-2-1-3-5-11/h1-10,17-18,20H,11-14H2;1-5,12-13H,6-10H2. The van der Waals surface area contributed by atoms with Crippen molar-refractivity contribution < 1.29 is 4.79 Å². The summed E-state index contributed by atoms with van der Waals surface area (Å²) < 4.78 is 0. The Labute approximate surface area is 248 Å². The van der Waals surface area contributed by atoms with Gasteiger partial charge in [0.05, 0.1) is 12.6 Å². The minimum atomic E-state index is -0.253. The number of hydrogen-bond acceptors (Lipinski definition) is 5. The van der Waals surface area contributed by atoms with Crippen LogP contribution < -0.4 is 4.90 Å². The lowest BCUT2D eigenvalue weighted by Crippen LogP contribution is -2.48. The largest absolute Gasteiger partial charge is 0.366 e. The second kappa shape index (κ2) is 12.6. The maximum atomic E-state index is 11.2. The number of nitrogens with zero attached hydrogens (tertiary/aromatic N) is 4. The number of fused-ring (bicyclic) bond motifs is 4. The summed E-state index contributed by atoms with van der Waals surface area (Å²) in [6.45, 7) is 5.70. The Balaban J connectivity index is 0.000000157. The first kappa shape index (κ1) is 27.7. The van der Waals surface area contributed by atoms with Crippen LogP contribution in [0.3, 0.4) is 0 Å². The molecule has 4 fully saturated rings. The minimum Gasteiger partial charge on any atom is -0.366 e. The van der Waals surface area contributed by atoms with E-state index in [1.54, 1.807) is 0 Å². The van der Waals surface area contributed by atoms with Gasteiger partial charge in [-0.3, -0.25) is 19.5 Å². The first-order chi connectivity index (χ1) is 19.6.